The average molecular weight is 113 g/mol. The van der Waals surface area contributed by atoms with Gasteiger partial charge in [0, 0.05) is 0 Å². The van der Waals surface area contributed by atoms with Gasteiger partial charge < -0.3 is 0 Å². The normalized spacial score (nSPS) is 14.0. The Bertz CT molecular complexity index is 58.9. The van der Waals surface area contributed by atoms with Crippen molar-refractivity contribution in [2.75, 3.05) is 0 Å². The number of hydrogen-bond acceptors (Lipinski definition) is 0. The summed E-state index contributed by atoms with van der Waals surface area (Å²) in [5.74, 6) is -0.975. The van der Waals surface area contributed by atoms with Crippen LogP contribution in [0.4, 0.5) is 8.78 Å². The van der Waals surface area contributed by atoms with E-state index in [1.54, 1.807) is 0 Å². The molecule has 0 aromatic rings. The van der Waals surface area contributed by atoms with Crippen molar-refractivity contribution in [1.29, 1.82) is 0 Å². The molecule has 0 aliphatic carbocycles. The average Bonchev–Trinajstić information content (AvgIpc) is 1.36. The van der Waals surface area contributed by atoms with Gasteiger partial charge in [-0.3, -0.25) is 0 Å². The van der Waals surface area contributed by atoms with Crippen LogP contribution in [0.5, 0.6) is 0 Å². The standard InChI is InChI=1S/C3H3ClF2/c1-2(5)3(4)6/h1H3/b3-2+. The number of rotatable bonds is 0. The highest BCUT2D eigenvalue weighted by Gasteiger charge is 1.89. The van der Waals surface area contributed by atoms with Gasteiger partial charge >= 0.3 is 0 Å². The Kier molecular flexibility index (Phi) is 2.09. The van der Waals surface area contributed by atoms with Gasteiger partial charge in [-0.15, -0.1) is 0 Å². The van der Waals surface area contributed by atoms with Crippen LogP contribution in [0.15, 0.2) is 11.1 Å². The quantitative estimate of drug-likeness (QED) is 0.451. The smallest absolute Gasteiger partial charge is 0.208 e. The predicted molar refractivity (Wildman–Crippen MR) is 20.8 cm³/mol. The topological polar surface area (TPSA) is 0 Å². The Morgan fingerprint density at radius 3 is 1.67 bits per heavy atom. The lowest BCUT2D eigenvalue weighted by Gasteiger charge is -1.75. The van der Waals surface area contributed by atoms with E-state index in [0.29, 0.717) is 0 Å². The summed E-state index contributed by atoms with van der Waals surface area (Å²) >= 11 is 4.45. The van der Waals surface area contributed by atoms with Gasteiger partial charge in [-0.25, -0.2) is 4.39 Å². The second-order valence-corrected chi connectivity index (χ2v) is 1.13. The monoisotopic (exact) mass is 112 g/mol. The summed E-state index contributed by atoms with van der Waals surface area (Å²) < 4.78 is 22.3. The second-order valence-electron chi connectivity index (χ2n) is 0.794. The first kappa shape index (κ1) is 5.89. The van der Waals surface area contributed by atoms with E-state index in [1.807, 2.05) is 0 Å². The summed E-state index contributed by atoms with van der Waals surface area (Å²) in [5.41, 5.74) is 0. The van der Waals surface area contributed by atoms with Gasteiger partial charge in [0.15, 0.2) is 0 Å². The molecule has 0 heterocycles. The van der Waals surface area contributed by atoms with E-state index in [1.165, 1.54) is 0 Å². The fraction of sp³-hybridized carbons (Fsp3) is 0.333. The van der Waals surface area contributed by atoms with Crippen molar-refractivity contribution in [3.8, 4) is 0 Å². The van der Waals surface area contributed by atoms with Crippen LogP contribution in [0.2, 0.25) is 0 Å². The highest BCUT2D eigenvalue weighted by atomic mass is 35.5. The van der Waals surface area contributed by atoms with Gasteiger partial charge in [-0.05, 0) is 18.5 Å². The molecule has 0 saturated carbocycles. The molecule has 0 aromatic heterocycles. The largest absolute Gasteiger partial charge is 0.220 e. The Labute approximate surface area is 39.4 Å². The van der Waals surface area contributed by atoms with E-state index < -0.39 is 11.1 Å². The van der Waals surface area contributed by atoms with E-state index in [2.05, 4.69) is 11.6 Å². The molecular formula is C3H3ClF2. The van der Waals surface area contributed by atoms with E-state index in [0.717, 1.165) is 6.92 Å². The van der Waals surface area contributed by atoms with Gasteiger partial charge in [0.05, 0.1) is 0 Å². The minimum Gasteiger partial charge on any atom is -0.208 e. The molecular weight excluding hydrogens is 109 g/mol. The molecule has 0 rings (SSSR count). The van der Waals surface area contributed by atoms with Gasteiger partial charge in [-0.2, -0.15) is 4.39 Å². The SMILES string of the molecule is C/C(F)=C(\F)Cl. The molecule has 0 fully saturated rings. The Balaban J connectivity index is 3.68. The van der Waals surface area contributed by atoms with E-state index in [9.17, 15) is 8.78 Å². The molecule has 36 valence electrons. The van der Waals surface area contributed by atoms with Crippen molar-refractivity contribution in [2.45, 2.75) is 6.92 Å². The van der Waals surface area contributed by atoms with Crippen molar-refractivity contribution >= 4 is 11.6 Å². The maximum atomic E-state index is 11.2. The number of hydrogen-bond donors (Lipinski definition) is 0. The zero-order chi connectivity index (χ0) is 5.15. The summed E-state index contributed by atoms with van der Waals surface area (Å²) in [4.78, 5) is 0. The lowest BCUT2D eigenvalue weighted by atomic mass is 10.7. The van der Waals surface area contributed by atoms with Crippen LogP contribution >= 0.6 is 11.6 Å². The molecule has 0 atom stereocenters. The van der Waals surface area contributed by atoms with Crippen LogP contribution in [-0.2, 0) is 0 Å². The number of allylic oxidation sites excluding steroid dienone is 1. The molecule has 0 amide bonds. The van der Waals surface area contributed by atoms with E-state index >= 15 is 0 Å². The molecule has 0 spiro atoms. The molecule has 0 bridgehead atoms. The van der Waals surface area contributed by atoms with Crippen LogP contribution in [0.3, 0.4) is 0 Å². The predicted octanol–water partition coefficient (Wildman–Crippen LogP) is 2.35. The van der Waals surface area contributed by atoms with E-state index in [4.69, 9.17) is 0 Å². The minimum absolute atomic E-state index is 0.947. The molecule has 0 nitrogen and oxygen atoms in total. The lowest BCUT2D eigenvalue weighted by molar-refractivity contribution is 0.571. The zero-order valence-electron chi connectivity index (χ0n) is 3.13. The highest BCUT2D eigenvalue weighted by molar-refractivity contribution is 6.28. The molecule has 0 aliphatic rings. The molecule has 3 heteroatoms. The van der Waals surface area contributed by atoms with Crippen molar-refractivity contribution in [3.05, 3.63) is 11.1 Å². The van der Waals surface area contributed by atoms with Crippen LogP contribution < -0.4 is 0 Å². The molecule has 0 aliphatic heterocycles. The fourth-order valence-corrected chi connectivity index (χ4v) is 0. The molecule has 0 saturated heterocycles. The highest BCUT2D eigenvalue weighted by Crippen LogP contribution is 2.09. The van der Waals surface area contributed by atoms with Crippen LogP contribution in [0.25, 0.3) is 0 Å². The maximum Gasteiger partial charge on any atom is 0.220 e. The first-order chi connectivity index (χ1) is 2.64. The van der Waals surface area contributed by atoms with Crippen molar-refractivity contribution in [3.63, 3.8) is 0 Å². The zero-order valence-corrected chi connectivity index (χ0v) is 3.89. The third-order valence-electron chi connectivity index (χ3n) is 0.260. The Morgan fingerprint density at radius 1 is 1.50 bits per heavy atom. The van der Waals surface area contributed by atoms with Crippen LogP contribution in [-0.4, -0.2) is 0 Å². The van der Waals surface area contributed by atoms with Gasteiger partial charge in [0.1, 0.15) is 5.83 Å². The maximum absolute atomic E-state index is 11.2. The third-order valence-corrected chi connectivity index (χ3v) is 0.521. The van der Waals surface area contributed by atoms with Crippen molar-refractivity contribution in [1.82, 2.24) is 0 Å². The van der Waals surface area contributed by atoms with Gasteiger partial charge in [0.2, 0.25) is 5.29 Å². The Hall–Kier alpha value is -0.110. The molecule has 0 unspecified atom stereocenters. The van der Waals surface area contributed by atoms with Crippen LogP contribution in [0.1, 0.15) is 6.92 Å². The Morgan fingerprint density at radius 2 is 1.67 bits per heavy atom. The summed E-state index contributed by atoms with van der Waals surface area (Å²) in [7, 11) is 0. The van der Waals surface area contributed by atoms with Crippen LogP contribution in [0, 0.1) is 0 Å². The van der Waals surface area contributed by atoms with Gasteiger partial charge in [-0.1, -0.05) is 0 Å². The van der Waals surface area contributed by atoms with Crippen molar-refractivity contribution in [2.24, 2.45) is 0 Å². The molecule has 0 N–H and O–H groups in total. The summed E-state index contributed by atoms with van der Waals surface area (Å²) in [6.45, 7) is 0.947. The first-order valence-corrected chi connectivity index (χ1v) is 1.69. The number of halogens is 3. The third kappa shape index (κ3) is 2.15. The van der Waals surface area contributed by atoms with E-state index in [-0.39, 0.29) is 0 Å². The fourth-order valence-electron chi connectivity index (χ4n) is 0. The molecule has 0 radical (unpaired) electrons. The minimum atomic E-state index is -1.27. The second kappa shape index (κ2) is 2.13. The summed E-state index contributed by atoms with van der Waals surface area (Å²) in [6.07, 6.45) is 0. The van der Waals surface area contributed by atoms with Gasteiger partial charge in [0.25, 0.3) is 0 Å². The molecule has 0 aromatic carbocycles. The lowest BCUT2D eigenvalue weighted by Crippen LogP contribution is -1.57. The molecule has 6 heavy (non-hydrogen) atoms. The summed E-state index contributed by atoms with van der Waals surface area (Å²) in [5, 5.41) is -1.27. The van der Waals surface area contributed by atoms with Crippen molar-refractivity contribution < 1.29 is 8.78 Å². The first-order valence-electron chi connectivity index (χ1n) is 1.32. The summed E-state index contributed by atoms with van der Waals surface area (Å²) in [6, 6.07) is 0.